The van der Waals surface area contributed by atoms with Crippen molar-refractivity contribution in [3.8, 4) is 5.75 Å². The molecule has 1 aromatic rings. The minimum Gasteiger partial charge on any atom is -0.490 e. The molecule has 1 fully saturated rings. The third-order valence-electron chi connectivity index (χ3n) is 4.06. The molecule has 0 saturated heterocycles. The van der Waals surface area contributed by atoms with Gasteiger partial charge < -0.3 is 15.6 Å². The van der Waals surface area contributed by atoms with Gasteiger partial charge in [-0.05, 0) is 31.0 Å². The Morgan fingerprint density at radius 1 is 1.35 bits per heavy atom. The van der Waals surface area contributed by atoms with Gasteiger partial charge in [-0.2, -0.15) is 0 Å². The predicted molar refractivity (Wildman–Crippen MR) is 73.4 cm³/mol. The zero-order chi connectivity index (χ0) is 14.6. The van der Waals surface area contributed by atoms with Crippen LogP contribution in [0.2, 0.25) is 0 Å². The van der Waals surface area contributed by atoms with Crippen LogP contribution in [0.3, 0.4) is 0 Å². The number of benzene rings is 1. The Hall–Kier alpha value is -1.62. The maximum absolute atomic E-state index is 13.8. The molecule has 0 radical (unpaired) electrons. The summed E-state index contributed by atoms with van der Waals surface area (Å²) in [4.78, 5) is 10.7. The summed E-state index contributed by atoms with van der Waals surface area (Å²) in [6.07, 6.45) is 5.46. The van der Waals surface area contributed by atoms with Crippen molar-refractivity contribution in [2.24, 2.45) is 11.1 Å². The minimum absolute atomic E-state index is 0.0733. The van der Waals surface area contributed by atoms with Gasteiger partial charge in [-0.15, -0.1) is 0 Å². The first-order chi connectivity index (χ1) is 9.56. The average Bonchev–Trinajstić information content (AvgIpc) is 2.47. The summed E-state index contributed by atoms with van der Waals surface area (Å²) in [7, 11) is 0. The van der Waals surface area contributed by atoms with E-state index in [0.29, 0.717) is 13.2 Å². The van der Waals surface area contributed by atoms with Gasteiger partial charge in [-0.25, -0.2) is 9.18 Å². The van der Waals surface area contributed by atoms with Crippen molar-refractivity contribution in [2.45, 2.75) is 32.1 Å². The predicted octanol–water partition coefficient (Wildman–Crippen LogP) is 2.81. The Labute approximate surface area is 117 Å². The van der Waals surface area contributed by atoms with Crippen molar-refractivity contribution in [1.82, 2.24) is 0 Å². The number of halogens is 1. The Balaban J connectivity index is 2.04. The molecule has 0 aliphatic heterocycles. The molecule has 0 amide bonds. The van der Waals surface area contributed by atoms with E-state index in [2.05, 4.69) is 0 Å². The van der Waals surface area contributed by atoms with E-state index >= 15 is 0 Å². The first-order valence-electron chi connectivity index (χ1n) is 6.92. The van der Waals surface area contributed by atoms with Crippen LogP contribution in [0.1, 0.15) is 42.5 Å². The van der Waals surface area contributed by atoms with Crippen LogP contribution in [0.15, 0.2) is 18.2 Å². The molecule has 5 heteroatoms. The number of carboxylic acids is 1. The molecule has 1 saturated carbocycles. The van der Waals surface area contributed by atoms with E-state index in [9.17, 15) is 9.18 Å². The van der Waals surface area contributed by atoms with Gasteiger partial charge in [0.2, 0.25) is 0 Å². The lowest BCUT2D eigenvalue weighted by Gasteiger charge is -2.35. The molecule has 2 rings (SSSR count). The molecule has 20 heavy (non-hydrogen) atoms. The maximum atomic E-state index is 13.8. The van der Waals surface area contributed by atoms with Crippen LogP contribution in [-0.4, -0.2) is 24.2 Å². The average molecular weight is 281 g/mol. The van der Waals surface area contributed by atoms with Crippen LogP contribution in [0.4, 0.5) is 4.39 Å². The normalized spacial score (nSPS) is 17.7. The quantitative estimate of drug-likeness (QED) is 0.870. The number of aromatic carboxylic acids is 1. The van der Waals surface area contributed by atoms with E-state index in [0.717, 1.165) is 31.7 Å². The van der Waals surface area contributed by atoms with E-state index in [-0.39, 0.29) is 16.7 Å². The first kappa shape index (κ1) is 14.8. The molecular formula is C15H20FNO3. The molecule has 0 aromatic heterocycles. The number of hydrogen-bond donors (Lipinski definition) is 2. The third kappa shape index (κ3) is 3.28. The molecular weight excluding hydrogens is 261 g/mol. The van der Waals surface area contributed by atoms with E-state index in [1.807, 2.05) is 0 Å². The molecule has 4 nitrogen and oxygen atoms in total. The van der Waals surface area contributed by atoms with Crippen molar-refractivity contribution in [3.63, 3.8) is 0 Å². The van der Waals surface area contributed by atoms with Crippen LogP contribution >= 0.6 is 0 Å². The molecule has 1 aromatic carbocycles. The Morgan fingerprint density at radius 3 is 2.60 bits per heavy atom. The molecule has 0 bridgehead atoms. The summed E-state index contributed by atoms with van der Waals surface area (Å²) in [5.74, 6) is -1.71. The number of hydrogen-bond acceptors (Lipinski definition) is 3. The monoisotopic (exact) mass is 281 g/mol. The molecule has 1 aliphatic carbocycles. The Bertz CT molecular complexity index is 484. The van der Waals surface area contributed by atoms with Gasteiger partial charge in [0.15, 0.2) is 11.6 Å². The van der Waals surface area contributed by atoms with Gasteiger partial charge in [0.05, 0.1) is 12.2 Å². The second-order valence-electron chi connectivity index (χ2n) is 5.50. The highest BCUT2D eigenvalue weighted by atomic mass is 19.1. The largest absolute Gasteiger partial charge is 0.490 e. The van der Waals surface area contributed by atoms with Crippen LogP contribution in [0.25, 0.3) is 0 Å². The zero-order valence-corrected chi connectivity index (χ0v) is 11.4. The zero-order valence-electron chi connectivity index (χ0n) is 11.4. The number of rotatable bonds is 5. The Morgan fingerprint density at radius 2 is 2.05 bits per heavy atom. The van der Waals surface area contributed by atoms with Gasteiger partial charge in [-0.1, -0.05) is 19.3 Å². The van der Waals surface area contributed by atoms with E-state index < -0.39 is 11.8 Å². The minimum atomic E-state index is -1.15. The van der Waals surface area contributed by atoms with Crippen LogP contribution in [-0.2, 0) is 0 Å². The molecule has 3 N–H and O–H groups in total. The summed E-state index contributed by atoms with van der Waals surface area (Å²) >= 11 is 0. The van der Waals surface area contributed by atoms with E-state index in [1.165, 1.54) is 18.6 Å². The molecule has 0 atom stereocenters. The fraction of sp³-hybridized carbons (Fsp3) is 0.533. The van der Waals surface area contributed by atoms with Crippen molar-refractivity contribution < 1.29 is 19.0 Å². The fourth-order valence-electron chi connectivity index (χ4n) is 2.69. The van der Waals surface area contributed by atoms with E-state index in [1.54, 1.807) is 0 Å². The number of carbonyl (C=O) groups is 1. The molecule has 0 heterocycles. The lowest BCUT2D eigenvalue weighted by molar-refractivity contribution is 0.0695. The van der Waals surface area contributed by atoms with Crippen molar-refractivity contribution in [1.29, 1.82) is 0 Å². The molecule has 1 aliphatic rings. The highest BCUT2D eigenvalue weighted by molar-refractivity contribution is 5.87. The summed E-state index contributed by atoms with van der Waals surface area (Å²) in [6, 6.07) is 3.69. The van der Waals surface area contributed by atoms with Crippen LogP contribution < -0.4 is 10.5 Å². The van der Waals surface area contributed by atoms with Crippen molar-refractivity contribution in [3.05, 3.63) is 29.6 Å². The topological polar surface area (TPSA) is 72.5 Å². The summed E-state index contributed by atoms with van der Waals surface area (Å²) in [5, 5.41) is 8.79. The van der Waals surface area contributed by atoms with Gasteiger partial charge >= 0.3 is 5.97 Å². The second kappa shape index (κ2) is 6.22. The van der Waals surface area contributed by atoms with Crippen molar-refractivity contribution in [2.75, 3.05) is 13.2 Å². The smallest absolute Gasteiger partial charge is 0.335 e. The molecule has 0 unspecified atom stereocenters. The van der Waals surface area contributed by atoms with Gasteiger partial charge in [0.1, 0.15) is 0 Å². The fourth-order valence-corrected chi connectivity index (χ4v) is 2.69. The number of ether oxygens (including phenoxy) is 1. The third-order valence-corrected chi connectivity index (χ3v) is 4.06. The highest BCUT2D eigenvalue weighted by Crippen LogP contribution is 2.36. The maximum Gasteiger partial charge on any atom is 0.335 e. The summed E-state index contributed by atoms with van der Waals surface area (Å²) in [5.41, 5.74) is 5.70. The first-order valence-corrected chi connectivity index (χ1v) is 6.92. The summed E-state index contributed by atoms with van der Waals surface area (Å²) in [6.45, 7) is 0.911. The number of nitrogens with two attached hydrogens (primary N) is 1. The highest BCUT2D eigenvalue weighted by Gasteiger charge is 2.31. The standard InChI is InChI=1S/C15H20FNO3/c16-12-8-11(14(18)19)4-5-13(12)20-10-15(9-17)6-2-1-3-7-15/h4-5,8H,1-3,6-7,9-10,17H2,(H,18,19). The number of carboxylic acid groups (broad SMARTS) is 1. The van der Waals surface area contributed by atoms with Crippen LogP contribution in [0.5, 0.6) is 5.75 Å². The van der Waals surface area contributed by atoms with E-state index in [4.69, 9.17) is 15.6 Å². The van der Waals surface area contributed by atoms with Gasteiger partial charge in [0.25, 0.3) is 0 Å². The van der Waals surface area contributed by atoms with Crippen LogP contribution in [0, 0.1) is 11.2 Å². The lowest BCUT2D eigenvalue weighted by atomic mass is 9.75. The van der Waals surface area contributed by atoms with Crippen molar-refractivity contribution >= 4 is 5.97 Å². The lowest BCUT2D eigenvalue weighted by Crippen LogP contribution is -2.38. The van der Waals surface area contributed by atoms with Gasteiger partial charge in [-0.3, -0.25) is 0 Å². The molecule has 110 valence electrons. The SMILES string of the molecule is NCC1(COc2ccc(C(=O)O)cc2F)CCCCC1. The van der Waals surface area contributed by atoms with Gasteiger partial charge in [0, 0.05) is 12.0 Å². The Kier molecular flexibility index (Phi) is 4.60. The summed E-state index contributed by atoms with van der Waals surface area (Å²) < 4.78 is 19.3. The molecule has 0 spiro atoms. The second-order valence-corrected chi connectivity index (χ2v) is 5.50.